The highest BCUT2D eigenvalue weighted by molar-refractivity contribution is 5.79. The van der Waals surface area contributed by atoms with E-state index in [0.717, 1.165) is 0 Å². The molecule has 4 nitrogen and oxygen atoms in total. The Bertz CT molecular complexity index is 577. The first-order valence-corrected chi connectivity index (χ1v) is 6.87. The number of carbonyl (C=O) groups is 1. The van der Waals surface area contributed by atoms with Crippen molar-refractivity contribution in [1.82, 2.24) is 5.32 Å². The highest BCUT2D eigenvalue weighted by Crippen LogP contribution is 2.19. The van der Waals surface area contributed by atoms with Crippen LogP contribution in [0.3, 0.4) is 0 Å². The number of ether oxygens (including phenoxy) is 1. The standard InChI is InChI=1S/C16H18FNO3/c1-11-7-14(10-21-11)16(20)18-9-13-8-12(3-2-6-19)4-5-15(13)17/h4-5,8,11,14,19H,6-7,9-10H2,1H3,(H,18,20). The van der Waals surface area contributed by atoms with Crippen LogP contribution < -0.4 is 5.32 Å². The monoisotopic (exact) mass is 291 g/mol. The van der Waals surface area contributed by atoms with Crippen LogP contribution in [-0.2, 0) is 16.1 Å². The number of amides is 1. The summed E-state index contributed by atoms with van der Waals surface area (Å²) in [5.74, 6) is 4.54. The van der Waals surface area contributed by atoms with Gasteiger partial charge < -0.3 is 15.2 Å². The van der Waals surface area contributed by atoms with Gasteiger partial charge in [-0.05, 0) is 31.5 Å². The van der Waals surface area contributed by atoms with Gasteiger partial charge >= 0.3 is 0 Å². The zero-order valence-corrected chi connectivity index (χ0v) is 11.9. The maximum absolute atomic E-state index is 13.7. The van der Waals surface area contributed by atoms with Crippen molar-refractivity contribution in [2.75, 3.05) is 13.2 Å². The smallest absolute Gasteiger partial charge is 0.225 e. The van der Waals surface area contributed by atoms with E-state index in [0.29, 0.717) is 24.2 Å². The second-order valence-corrected chi connectivity index (χ2v) is 5.06. The highest BCUT2D eigenvalue weighted by atomic mass is 19.1. The molecular formula is C16H18FNO3. The van der Waals surface area contributed by atoms with E-state index in [1.54, 1.807) is 6.07 Å². The topological polar surface area (TPSA) is 58.6 Å². The summed E-state index contributed by atoms with van der Waals surface area (Å²) in [6.07, 6.45) is 0.783. The number of aliphatic hydroxyl groups excluding tert-OH is 1. The molecule has 1 aliphatic heterocycles. The molecule has 1 aromatic carbocycles. The molecule has 0 radical (unpaired) electrons. The number of carbonyl (C=O) groups excluding carboxylic acids is 1. The van der Waals surface area contributed by atoms with E-state index in [1.165, 1.54) is 12.1 Å². The SMILES string of the molecule is CC1CC(C(=O)NCc2cc(C#CCO)ccc2F)CO1. The van der Waals surface area contributed by atoms with Crippen molar-refractivity contribution in [3.63, 3.8) is 0 Å². The van der Waals surface area contributed by atoms with Crippen LogP contribution in [0.15, 0.2) is 18.2 Å². The van der Waals surface area contributed by atoms with Crippen LogP contribution in [0.25, 0.3) is 0 Å². The first-order valence-electron chi connectivity index (χ1n) is 6.87. The van der Waals surface area contributed by atoms with Gasteiger partial charge in [-0.1, -0.05) is 11.8 Å². The summed E-state index contributed by atoms with van der Waals surface area (Å²) < 4.78 is 19.1. The third kappa shape index (κ3) is 4.28. The van der Waals surface area contributed by atoms with Crippen LogP contribution in [-0.4, -0.2) is 30.3 Å². The van der Waals surface area contributed by atoms with E-state index in [9.17, 15) is 9.18 Å². The molecule has 5 heteroatoms. The molecule has 1 aliphatic rings. The lowest BCUT2D eigenvalue weighted by atomic mass is 10.1. The summed E-state index contributed by atoms with van der Waals surface area (Å²) in [5.41, 5.74) is 0.979. The van der Waals surface area contributed by atoms with E-state index in [-0.39, 0.29) is 36.9 Å². The number of nitrogens with one attached hydrogen (secondary N) is 1. The third-order valence-corrected chi connectivity index (χ3v) is 3.38. The molecule has 0 aliphatic carbocycles. The van der Waals surface area contributed by atoms with Gasteiger partial charge in [0.05, 0.1) is 18.6 Å². The summed E-state index contributed by atoms with van der Waals surface area (Å²) in [6, 6.07) is 4.42. The first kappa shape index (κ1) is 15.5. The molecule has 1 heterocycles. The molecular weight excluding hydrogens is 273 g/mol. The van der Waals surface area contributed by atoms with E-state index in [2.05, 4.69) is 17.2 Å². The largest absolute Gasteiger partial charge is 0.384 e. The lowest BCUT2D eigenvalue weighted by Gasteiger charge is -2.10. The second-order valence-electron chi connectivity index (χ2n) is 5.06. The molecule has 2 rings (SSSR count). The van der Waals surface area contributed by atoms with Crippen LogP contribution >= 0.6 is 0 Å². The van der Waals surface area contributed by atoms with Gasteiger partial charge in [-0.15, -0.1) is 0 Å². The van der Waals surface area contributed by atoms with Crippen LogP contribution in [0.5, 0.6) is 0 Å². The highest BCUT2D eigenvalue weighted by Gasteiger charge is 2.28. The average molecular weight is 291 g/mol. The molecule has 21 heavy (non-hydrogen) atoms. The molecule has 2 N–H and O–H groups in total. The number of benzene rings is 1. The van der Waals surface area contributed by atoms with E-state index in [1.807, 2.05) is 6.92 Å². The van der Waals surface area contributed by atoms with Gasteiger partial charge in [0, 0.05) is 17.7 Å². The summed E-state index contributed by atoms with van der Waals surface area (Å²) >= 11 is 0. The van der Waals surface area contributed by atoms with Crippen LogP contribution in [0.2, 0.25) is 0 Å². The molecule has 2 unspecified atom stereocenters. The minimum Gasteiger partial charge on any atom is -0.384 e. The maximum atomic E-state index is 13.7. The summed E-state index contributed by atoms with van der Waals surface area (Å²) in [4.78, 5) is 12.0. The fourth-order valence-corrected chi connectivity index (χ4v) is 2.26. The van der Waals surface area contributed by atoms with Gasteiger partial charge in [0.25, 0.3) is 0 Å². The quantitative estimate of drug-likeness (QED) is 0.823. The van der Waals surface area contributed by atoms with E-state index < -0.39 is 0 Å². The van der Waals surface area contributed by atoms with Gasteiger partial charge in [0.2, 0.25) is 5.91 Å². The molecule has 1 aromatic rings. The zero-order chi connectivity index (χ0) is 15.2. The maximum Gasteiger partial charge on any atom is 0.225 e. The normalized spacial score (nSPS) is 20.7. The fraction of sp³-hybridized carbons (Fsp3) is 0.438. The summed E-state index contributed by atoms with van der Waals surface area (Å²) in [6.45, 7) is 2.21. The van der Waals surface area contributed by atoms with E-state index >= 15 is 0 Å². The first-order chi connectivity index (χ1) is 10.1. The lowest BCUT2D eigenvalue weighted by molar-refractivity contribution is -0.125. The van der Waals surface area contributed by atoms with Gasteiger partial charge in [-0.2, -0.15) is 0 Å². The van der Waals surface area contributed by atoms with Gasteiger partial charge in [-0.25, -0.2) is 4.39 Å². The number of hydrogen-bond acceptors (Lipinski definition) is 3. The predicted molar refractivity (Wildman–Crippen MR) is 75.7 cm³/mol. The van der Waals surface area contributed by atoms with Crippen molar-refractivity contribution in [3.8, 4) is 11.8 Å². The molecule has 112 valence electrons. The number of rotatable bonds is 3. The van der Waals surface area contributed by atoms with Crippen LogP contribution in [0.4, 0.5) is 4.39 Å². The molecule has 2 atom stereocenters. The Morgan fingerprint density at radius 1 is 1.57 bits per heavy atom. The molecule has 0 aromatic heterocycles. The lowest BCUT2D eigenvalue weighted by Crippen LogP contribution is -2.30. The molecule has 1 amide bonds. The number of aliphatic hydroxyl groups is 1. The molecule has 1 fully saturated rings. The molecule has 0 bridgehead atoms. The minimum atomic E-state index is -0.388. The molecule has 0 spiro atoms. The zero-order valence-electron chi connectivity index (χ0n) is 11.9. The van der Waals surface area contributed by atoms with Crippen LogP contribution in [0.1, 0.15) is 24.5 Å². The van der Waals surface area contributed by atoms with Gasteiger partial charge in [0.1, 0.15) is 12.4 Å². The van der Waals surface area contributed by atoms with Gasteiger partial charge in [0.15, 0.2) is 0 Å². The Morgan fingerprint density at radius 2 is 2.38 bits per heavy atom. The van der Waals surface area contributed by atoms with Crippen molar-refractivity contribution in [2.24, 2.45) is 5.92 Å². The number of hydrogen-bond donors (Lipinski definition) is 2. The average Bonchev–Trinajstić information content (AvgIpc) is 2.91. The van der Waals surface area contributed by atoms with Crippen molar-refractivity contribution < 1.29 is 19.0 Å². The second kappa shape index (κ2) is 7.21. The Balaban J connectivity index is 1.97. The van der Waals surface area contributed by atoms with Gasteiger partial charge in [-0.3, -0.25) is 4.79 Å². The Kier molecular flexibility index (Phi) is 5.32. The minimum absolute atomic E-state index is 0.0922. The van der Waals surface area contributed by atoms with Crippen molar-refractivity contribution in [3.05, 3.63) is 35.1 Å². The van der Waals surface area contributed by atoms with Crippen molar-refractivity contribution in [1.29, 1.82) is 0 Å². The number of halogens is 1. The summed E-state index contributed by atoms with van der Waals surface area (Å²) in [7, 11) is 0. The van der Waals surface area contributed by atoms with Crippen molar-refractivity contribution in [2.45, 2.75) is 26.0 Å². The molecule has 0 saturated carbocycles. The summed E-state index contributed by atoms with van der Waals surface area (Å²) in [5, 5.41) is 11.4. The predicted octanol–water partition coefficient (Wildman–Crippen LogP) is 1.21. The Hall–Kier alpha value is -1.90. The molecule has 1 saturated heterocycles. The van der Waals surface area contributed by atoms with Crippen molar-refractivity contribution >= 4 is 5.91 Å². The fourth-order valence-electron chi connectivity index (χ4n) is 2.26. The van der Waals surface area contributed by atoms with Crippen LogP contribution in [0, 0.1) is 23.6 Å². The van der Waals surface area contributed by atoms with E-state index in [4.69, 9.17) is 9.84 Å². The third-order valence-electron chi connectivity index (χ3n) is 3.38. The Labute approximate surface area is 123 Å². The Morgan fingerprint density at radius 3 is 3.05 bits per heavy atom.